The van der Waals surface area contributed by atoms with Crippen LogP contribution in [0.3, 0.4) is 0 Å². The summed E-state index contributed by atoms with van der Waals surface area (Å²) in [5.74, 6) is 1.06. The van der Waals surface area contributed by atoms with Crippen LogP contribution in [0.15, 0.2) is 0 Å². The molecule has 0 radical (unpaired) electrons. The van der Waals surface area contributed by atoms with Gasteiger partial charge in [-0.1, -0.05) is 0 Å². The number of ether oxygens (including phenoxy) is 1. The van der Waals surface area contributed by atoms with Crippen molar-refractivity contribution >= 4 is 9.84 Å². The van der Waals surface area contributed by atoms with Gasteiger partial charge in [0.05, 0.1) is 17.6 Å². The van der Waals surface area contributed by atoms with Gasteiger partial charge < -0.3 is 10.1 Å². The van der Waals surface area contributed by atoms with E-state index >= 15 is 0 Å². The second kappa shape index (κ2) is 5.98. The highest BCUT2D eigenvalue weighted by atomic mass is 32.2. The summed E-state index contributed by atoms with van der Waals surface area (Å²) < 4.78 is 28.4. The molecule has 5 heteroatoms. The normalized spacial score (nSPS) is 20.7. The van der Waals surface area contributed by atoms with Gasteiger partial charge in [0.25, 0.3) is 0 Å². The van der Waals surface area contributed by atoms with Gasteiger partial charge in [0.1, 0.15) is 0 Å². The molecule has 1 aliphatic rings. The molecule has 1 saturated carbocycles. The predicted octanol–water partition coefficient (Wildman–Crippen LogP) is 0.824. The Labute approximate surface area is 98.7 Å². The number of nitrogens with one attached hydrogen (secondary N) is 1. The molecule has 0 aromatic carbocycles. The van der Waals surface area contributed by atoms with E-state index < -0.39 is 9.84 Å². The third-order valence-corrected chi connectivity index (χ3v) is 4.95. The molecule has 1 rings (SSSR count). The SMILES string of the molecule is COC(C)C(C)NCCS(=O)(=O)CC1CC1. The molecular weight excluding hydrogens is 226 g/mol. The van der Waals surface area contributed by atoms with Crippen LogP contribution in [0.2, 0.25) is 0 Å². The van der Waals surface area contributed by atoms with Gasteiger partial charge in [-0.2, -0.15) is 0 Å². The first-order valence-corrected chi connectivity index (χ1v) is 7.73. The van der Waals surface area contributed by atoms with E-state index in [1.807, 2.05) is 13.8 Å². The van der Waals surface area contributed by atoms with E-state index in [0.717, 1.165) is 12.8 Å². The van der Waals surface area contributed by atoms with Crippen molar-refractivity contribution in [3.63, 3.8) is 0 Å². The topological polar surface area (TPSA) is 55.4 Å². The molecule has 0 saturated heterocycles. The largest absolute Gasteiger partial charge is 0.380 e. The number of sulfone groups is 1. The lowest BCUT2D eigenvalue weighted by Crippen LogP contribution is -2.39. The van der Waals surface area contributed by atoms with Crippen LogP contribution in [-0.2, 0) is 14.6 Å². The van der Waals surface area contributed by atoms with Crippen LogP contribution in [0, 0.1) is 5.92 Å². The molecule has 0 aromatic heterocycles. The molecule has 0 heterocycles. The summed E-state index contributed by atoms with van der Waals surface area (Å²) in [6, 6.07) is 0.182. The lowest BCUT2D eigenvalue weighted by atomic mass is 10.2. The summed E-state index contributed by atoms with van der Waals surface area (Å²) in [6.07, 6.45) is 2.28. The van der Waals surface area contributed by atoms with Crippen molar-refractivity contribution in [2.75, 3.05) is 25.2 Å². The fraction of sp³-hybridized carbons (Fsp3) is 1.00. The van der Waals surface area contributed by atoms with Crippen molar-refractivity contribution in [1.29, 1.82) is 0 Å². The zero-order valence-corrected chi connectivity index (χ0v) is 11.2. The summed E-state index contributed by atoms with van der Waals surface area (Å²) in [6.45, 7) is 4.49. The Bertz CT molecular complexity index is 298. The van der Waals surface area contributed by atoms with Gasteiger partial charge >= 0.3 is 0 Å². The Balaban J connectivity index is 2.18. The van der Waals surface area contributed by atoms with E-state index in [1.54, 1.807) is 7.11 Å². The maximum absolute atomic E-state index is 11.6. The fourth-order valence-corrected chi connectivity index (χ4v) is 3.19. The molecule has 0 aromatic rings. The third-order valence-electron chi connectivity index (χ3n) is 3.14. The average Bonchev–Trinajstić information content (AvgIpc) is 2.99. The number of methoxy groups -OCH3 is 1. The van der Waals surface area contributed by atoms with E-state index in [2.05, 4.69) is 5.32 Å². The first kappa shape index (κ1) is 13.9. The second-order valence-corrected chi connectivity index (χ2v) is 6.97. The van der Waals surface area contributed by atoms with E-state index in [9.17, 15) is 8.42 Å². The van der Waals surface area contributed by atoms with E-state index in [0.29, 0.717) is 18.2 Å². The maximum Gasteiger partial charge on any atom is 0.151 e. The summed E-state index contributed by atoms with van der Waals surface area (Å²) in [7, 11) is -1.19. The van der Waals surface area contributed by atoms with Crippen LogP contribution in [-0.4, -0.2) is 45.7 Å². The summed E-state index contributed by atoms with van der Waals surface area (Å²) in [4.78, 5) is 0. The van der Waals surface area contributed by atoms with Gasteiger partial charge in [0.15, 0.2) is 9.84 Å². The molecule has 4 nitrogen and oxygen atoms in total. The lowest BCUT2D eigenvalue weighted by Gasteiger charge is -2.19. The van der Waals surface area contributed by atoms with Crippen LogP contribution < -0.4 is 5.32 Å². The minimum atomic E-state index is -2.85. The van der Waals surface area contributed by atoms with Gasteiger partial charge in [-0.3, -0.25) is 0 Å². The number of hydrogen-bond donors (Lipinski definition) is 1. The molecular formula is C11H23NO3S. The van der Waals surface area contributed by atoms with Crippen molar-refractivity contribution in [3.05, 3.63) is 0 Å². The van der Waals surface area contributed by atoms with Crippen molar-refractivity contribution in [3.8, 4) is 0 Å². The fourth-order valence-electron chi connectivity index (χ4n) is 1.54. The summed E-state index contributed by atoms with van der Waals surface area (Å²) in [5.41, 5.74) is 0. The highest BCUT2D eigenvalue weighted by Gasteiger charge is 2.27. The molecule has 2 atom stereocenters. The minimum Gasteiger partial charge on any atom is -0.380 e. The zero-order chi connectivity index (χ0) is 12.2. The van der Waals surface area contributed by atoms with E-state index in [4.69, 9.17) is 4.74 Å². The Hall–Kier alpha value is -0.130. The Morgan fingerprint density at radius 2 is 2.00 bits per heavy atom. The Kier molecular flexibility index (Phi) is 5.21. The van der Waals surface area contributed by atoms with Crippen LogP contribution in [0.25, 0.3) is 0 Å². The van der Waals surface area contributed by atoms with E-state index in [-0.39, 0.29) is 17.9 Å². The highest BCUT2D eigenvalue weighted by molar-refractivity contribution is 7.91. The molecule has 0 amide bonds. The molecule has 0 spiro atoms. The first-order chi connectivity index (χ1) is 7.44. The average molecular weight is 249 g/mol. The Morgan fingerprint density at radius 1 is 1.38 bits per heavy atom. The molecule has 1 fully saturated rings. The zero-order valence-electron chi connectivity index (χ0n) is 10.4. The smallest absolute Gasteiger partial charge is 0.151 e. The molecule has 16 heavy (non-hydrogen) atoms. The summed E-state index contributed by atoms with van der Waals surface area (Å²) >= 11 is 0. The van der Waals surface area contributed by atoms with Crippen molar-refractivity contribution < 1.29 is 13.2 Å². The van der Waals surface area contributed by atoms with Gasteiger partial charge in [0, 0.05) is 19.7 Å². The quantitative estimate of drug-likeness (QED) is 0.692. The number of rotatable bonds is 8. The van der Waals surface area contributed by atoms with Gasteiger partial charge in [-0.15, -0.1) is 0 Å². The molecule has 0 aliphatic heterocycles. The second-order valence-electron chi connectivity index (χ2n) is 4.74. The molecule has 96 valence electrons. The standard InChI is InChI=1S/C11H23NO3S/c1-9(10(2)15-3)12-6-7-16(13,14)8-11-4-5-11/h9-12H,4-8H2,1-3H3. The van der Waals surface area contributed by atoms with Crippen molar-refractivity contribution in [2.45, 2.75) is 38.8 Å². The molecule has 1 aliphatic carbocycles. The van der Waals surface area contributed by atoms with Crippen LogP contribution in [0.5, 0.6) is 0 Å². The van der Waals surface area contributed by atoms with Crippen LogP contribution in [0.4, 0.5) is 0 Å². The number of hydrogen-bond acceptors (Lipinski definition) is 4. The third kappa shape index (κ3) is 5.27. The van der Waals surface area contributed by atoms with Gasteiger partial charge in [-0.05, 0) is 32.6 Å². The van der Waals surface area contributed by atoms with Crippen LogP contribution in [0.1, 0.15) is 26.7 Å². The molecule has 1 N–H and O–H groups in total. The van der Waals surface area contributed by atoms with Crippen molar-refractivity contribution in [1.82, 2.24) is 5.32 Å². The van der Waals surface area contributed by atoms with Crippen LogP contribution >= 0.6 is 0 Å². The minimum absolute atomic E-state index is 0.103. The highest BCUT2D eigenvalue weighted by Crippen LogP contribution is 2.30. The van der Waals surface area contributed by atoms with Gasteiger partial charge in [-0.25, -0.2) is 8.42 Å². The molecule has 2 unspecified atom stereocenters. The maximum atomic E-state index is 11.6. The predicted molar refractivity (Wildman–Crippen MR) is 65.3 cm³/mol. The lowest BCUT2D eigenvalue weighted by molar-refractivity contribution is 0.0895. The first-order valence-electron chi connectivity index (χ1n) is 5.91. The molecule has 0 bridgehead atoms. The van der Waals surface area contributed by atoms with E-state index in [1.165, 1.54) is 0 Å². The van der Waals surface area contributed by atoms with Gasteiger partial charge in [0.2, 0.25) is 0 Å². The summed E-state index contributed by atoms with van der Waals surface area (Å²) in [5, 5.41) is 3.18. The monoisotopic (exact) mass is 249 g/mol. The Morgan fingerprint density at radius 3 is 2.50 bits per heavy atom. The van der Waals surface area contributed by atoms with Crippen molar-refractivity contribution in [2.24, 2.45) is 5.92 Å².